The molecule has 0 aliphatic rings. The number of rotatable bonds is 12. The molecular formula is C21H37NO3. The maximum Gasteiger partial charge on any atom is 0.330 e. The minimum absolute atomic E-state index is 0.0332. The SMILES string of the molecule is CCCCC/C=C(/C=C/C(=O)OCCCC)CCC(=O)NC(C)(C)C. The Morgan fingerprint density at radius 3 is 2.24 bits per heavy atom. The maximum atomic E-state index is 12.0. The lowest BCUT2D eigenvalue weighted by Crippen LogP contribution is -2.40. The molecule has 1 amide bonds. The summed E-state index contributed by atoms with van der Waals surface area (Å²) in [5.74, 6) is -0.280. The van der Waals surface area contributed by atoms with Crippen molar-refractivity contribution in [1.82, 2.24) is 5.32 Å². The molecule has 0 radical (unpaired) electrons. The quantitative estimate of drug-likeness (QED) is 0.231. The number of hydrogen-bond acceptors (Lipinski definition) is 3. The first-order valence-electron chi connectivity index (χ1n) is 9.63. The van der Waals surface area contributed by atoms with Crippen molar-refractivity contribution in [2.45, 2.75) is 91.5 Å². The van der Waals surface area contributed by atoms with Crippen LogP contribution in [0, 0.1) is 0 Å². The van der Waals surface area contributed by atoms with E-state index < -0.39 is 0 Å². The Morgan fingerprint density at radius 2 is 1.64 bits per heavy atom. The first kappa shape index (κ1) is 23.4. The normalized spacial score (nSPS) is 12.4. The lowest BCUT2D eigenvalue weighted by molar-refractivity contribution is -0.137. The van der Waals surface area contributed by atoms with Gasteiger partial charge in [-0.2, -0.15) is 0 Å². The average molecular weight is 352 g/mol. The molecule has 0 spiro atoms. The van der Waals surface area contributed by atoms with Crippen LogP contribution >= 0.6 is 0 Å². The zero-order valence-electron chi connectivity index (χ0n) is 16.8. The van der Waals surface area contributed by atoms with Crippen molar-refractivity contribution >= 4 is 11.9 Å². The second kappa shape index (κ2) is 13.7. The predicted molar refractivity (Wildman–Crippen MR) is 104 cm³/mol. The summed E-state index contributed by atoms with van der Waals surface area (Å²) in [4.78, 5) is 23.7. The van der Waals surface area contributed by atoms with Crippen LogP contribution in [0.2, 0.25) is 0 Å². The van der Waals surface area contributed by atoms with Crippen LogP contribution in [-0.4, -0.2) is 24.0 Å². The number of unbranched alkanes of at least 4 members (excludes halogenated alkanes) is 4. The van der Waals surface area contributed by atoms with E-state index in [1.807, 2.05) is 20.8 Å². The highest BCUT2D eigenvalue weighted by Crippen LogP contribution is 2.12. The molecule has 4 nitrogen and oxygen atoms in total. The van der Waals surface area contributed by atoms with Gasteiger partial charge in [0, 0.05) is 18.0 Å². The van der Waals surface area contributed by atoms with Crippen molar-refractivity contribution in [3.63, 3.8) is 0 Å². The van der Waals surface area contributed by atoms with Crippen LogP contribution in [0.1, 0.15) is 86.0 Å². The van der Waals surface area contributed by atoms with Gasteiger partial charge in [-0.1, -0.05) is 50.8 Å². The molecule has 4 heteroatoms. The van der Waals surface area contributed by atoms with E-state index >= 15 is 0 Å². The maximum absolute atomic E-state index is 12.0. The van der Waals surface area contributed by atoms with E-state index in [0.29, 0.717) is 19.4 Å². The molecule has 0 aliphatic heterocycles. The minimum atomic E-state index is -0.313. The van der Waals surface area contributed by atoms with Crippen molar-refractivity contribution in [2.75, 3.05) is 6.61 Å². The van der Waals surface area contributed by atoms with Crippen molar-refractivity contribution in [3.05, 3.63) is 23.8 Å². The molecule has 1 N–H and O–H groups in total. The molecule has 0 saturated heterocycles. The third-order valence-electron chi connectivity index (χ3n) is 3.55. The van der Waals surface area contributed by atoms with Gasteiger partial charge >= 0.3 is 5.97 Å². The molecule has 0 saturated carbocycles. The molecule has 0 aromatic heterocycles. The Hall–Kier alpha value is -1.58. The van der Waals surface area contributed by atoms with Crippen molar-refractivity contribution in [1.29, 1.82) is 0 Å². The van der Waals surface area contributed by atoms with Crippen LogP contribution < -0.4 is 5.32 Å². The summed E-state index contributed by atoms with van der Waals surface area (Å²) in [6.45, 7) is 10.6. The standard InChI is InChI=1S/C21H37NO3/c1-6-8-10-11-12-18(13-15-19(23)22-21(3,4)5)14-16-20(24)25-17-9-7-2/h12,14,16H,6-11,13,15,17H2,1-5H3,(H,22,23)/b16-14+,18-12+. The fraction of sp³-hybridized carbons (Fsp3) is 0.714. The second-order valence-electron chi connectivity index (χ2n) is 7.43. The number of amides is 1. The largest absolute Gasteiger partial charge is 0.463 e. The van der Waals surface area contributed by atoms with E-state index in [2.05, 4.69) is 25.2 Å². The van der Waals surface area contributed by atoms with Crippen LogP contribution in [0.5, 0.6) is 0 Å². The van der Waals surface area contributed by atoms with E-state index in [9.17, 15) is 9.59 Å². The number of ether oxygens (including phenoxy) is 1. The number of allylic oxidation sites excluding steroid dienone is 3. The average Bonchev–Trinajstić information content (AvgIpc) is 2.51. The van der Waals surface area contributed by atoms with Gasteiger partial charge in [-0.05, 0) is 46.5 Å². The Bertz CT molecular complexity index is 445. The Balaban J connectivity index is 4.59. The van der Waals surface area contributed by atoms with Gasteiger partial charge in [0.2, 0.25) is 5.91 Å². The molecule has 0 atom stereocenters. The molecule has 0 rings (SSSR count). The van der Waals surface area contributed by atoms with Gasteiger partial charge < -0.3 is 10.1 Å². The summed E-state index contributed by atoms with van der Waals surface area (Å²) in [5.41, 5.74) is 0.800. The summed E-state index contributed by atoms with van der Waals surface area (Å²) in [6.07, 6.45) is 12.8. The predicted octanol–water partition coefficient (Wildman–Crippen LogP) is 5.09. The number of nitrogens with one attached hydrogen (secondary N) is 1. The zero-order chi connectivity index (χ0) is 19.1. The highest BCUT2D eigenvalue weighted by molar-refractivity contribution is 5.82. The van der Waals surface area contributed by atoms with Gasteiger partial charge in [-0.3, -0.25) is 4.79 Å². The molecule has 0 aliphatic carbocycles. The lowest BCUT2D eigenvalue weighted by atomic mass is 10.0. The molecule has 0 aromatic rings. The fourth-order valence-corrected chi connectivity index (χ4v) is 2.21. The second-order valence-corrected chi connectivity index (χ2v) is 7.43. The van der Waals surface area contributed by atoms with Gasteiger partial charge in [-0.25, -0.2) is 4.79 Å². The van der Waals surface area contributed by atoms with E-state index in [1.54, 1.807) is 6.08 Å². The monoisotopic (exact) mass is 351 g/mol. The van der Waals surface area contributed by atoms with Gasteiger partial charge in [-0.15, -0.1) is 0 Å². The number of carbonyl (C=O) groups excluding carboxylic acids is 2. The van der Waals surface area contributed by atoms with Crippen LogP contribution in [0.15, 0.2) is 23.8 Å². The topological polar surface area (TPSA) is 55.4 Å². The van der Waals surface area contributed by atoms with Crippen LogP contribution in [0.25, 0.3) is 0 Å². The number of esters is 1. The molecule has 25 heavy (non-hydrogen) atoms. The summed E-state index contributed by atoms with van der Waals surface area (Å²) >= 11 is 0. The zero-order valence-corrected chi connectivity index (χ0v) is 16.8. The van der Waals surface area contributed by atoms with E-state index in [1.165, 1.54) is 18.9 Å². The highest BCUT2D eigenvalue weighted by Gasteiger charge is 2.13. The van der Waals surface area contributed by atoms with E-state index in [4.69, 9.17) is 4.74 Å². The minimum Gasteiger partial charge on any atom is -0.463 e. The lowest BCUT2D eigenvalue weighted by Gasteiger charge is -2.20. The molecule has 0 fully saturated rings. The molecular weight excluding hydrogens is 314 g/mol. The smallest absolute Gasteiger partial charge is 0.330 e. The molecule has 0 unspecified atom stereocenters. The summed E-state index contributed by atoms with van der Waals surface area (Å²) in [7, 11) is 0. The molecule has 144 valence electrons. The van der Waals surface area contributed by atoms with Crippen molar-refractivity contribution < 1.29 is 14.3 Å². The van der Waals surface area contributed by atoms with E-state index in [0.717, 1.165) is 31.3 Å². The third kappa shape index (κ3) is 15.7. The Labute approximate surface area is 154 Å². The van der Waals surface area contributed by atoms with E-state index in [-0.39, 0.29) is 17.4 Å². The molecule has 0 bridgehead atoms. The van der Waals surface area contributed by atoms with Crippen molar-refractivity contribution in [2.24, 2.45) is 0 Å². The van der Waals surface area contributed by atoms with Crippen molar-refractivity contribution in [3.8, 4) is 0 Å². The fourth-order valence-electron chi connectivity index (χ4n) is 2.21. The van der Waals surface area contributed by atoms with Gasteiger partial charge in [0.15, 0.2) is 0 Å². The van der Waals surface area contributed by atoms with Crippen LogP contribution in [0.3, 0.4) is 0 Å². The van der Waals surface area contributed by atoms with Crippen LogP contribution in [0.4, 0.5) is 0 Å². The summed E-state index contributed by atoms with van der Waals surface area (Å²) < 4.78 is 5.14. The first-order valence-corrected chi connectivity index (χ1v) is 9.63. The molecule has 0 aromatic carbocycles. The van der Waals surface area contributed by atoms with Gasteiger partial charge in [0.1, 0.15) is 0 Å². The van der Waals surface area contributed by atoms with Crippen LogP contribution in [-0.2, 0) is 14.3 Å². The third-order valence-corrected chi connectivity index (χ3v) is 3.55. The van der Waals surface area contributed by atoms with Gasteiger partial charge in [0.25, 0.3) is 0 Å². The Kier molecular flexibility index (Phi) is 12.8. The molecule has 0 heterocycles. The number of hydrogen-bond donors (Lipinski definition) is 1. The van der Waals surface area contributed by atoms with Gasteiger partial charge in [0.05, 0.1) is 6.61 Å². The Morgan fingerprint density at radius 1 is 0.960 bits per heavy atom. The first-order chi connectivity index (χ1) is 11.8. The number of carbonyl (C=O) groups is 2. The highest BCUT2D eigenvalue weighted by atomic mass is 16.5. The summed E-state index contributed by atoms with van der Waals surface area (Å²) in [5, 5.41) is 2.97. The summed E-state index contributed by atoms with van der Waals surface area (Å²) in [6, 6.07) is 0.